The second-order valence-corrected chi connectivity index (χ2v) is 9.25. The Hall–Kier alpha value is -2.63. The highest BCUT2D eigenvalue weighted by Gasteiger charge is 2.13. The SMILES string of the molecule is COc1ccc(CC(=O)Nc2nnc(SCC(=O)Nc3ccc(Br)cc3)s2)cc1OC. The normalized spacial score (nSPS) is 10.4. The van der Waals surface area contributed by atoms with Crippen molar-refractivity contribution in [1.82, 2.24) is 10.2 Å². The zero-order valence-corrected chi connectivity index (χ0v) is 19.9. The first-order valence-electron chi connectivity index (χ1n) is 8.99. The van der Waals surface area contributed by atoms with E-state index in [-0.39, 0.29) is 24.0 Å². The number of methoxy groups -OCH3 is 2. The summed E-state index contributed by atoms with van der Waals surface area (Å²) < 4.78 is 12.0. The number of thioether (sulfide) groups is 1. The molecule has 8 nitrogen and oxygen atoms in total. The van der Waals surface area contributed by atoms with Gasteiger partial charge in [0.2, 0.25) is 16.9 Å². The number of aromatic nitrogens is 2. The van der Waals surface area contributed by atoms with Gasteiger partial charge >= 0.3 is 0 Å². The number of hydrogen-bond acceptors (Lipinski definition) is 8. The van der Waals surface area contributed by atoms with Gasteiger partial charge in [0.1, 0.15) is 0 Å². The van der Waals surface area contributed by atoms with Crippen LogP contribution in [0.5, 0.6) is 11.5 Å². The van der Waals surface area contributed by atoms with Gasteiger partial charge in [-0.3, -0.25) is 9.59 Å². The molecule has 0 fully saturated rings. The number of carbonyl (C=O) groups excluding carboxylic acids is 2. The summed E-state index contributed by atoms with van der Waals surface area (Å²) in [6, 6.07) is 12.6. The first-order chi connectivity index (χ1) is 15.0. The van der Waals surface area contributed by atoms with E-state index >= 15 is 0 Å². The first kappa shape index (κ1) is 23.0. The number of nitrogens with zero attached hydrogens (tertiary/aromatic N) is 2. The van der Waals surface area contributed by atoms with E-state index in [0.29, 0.717) is 26.7 Å². The van der Waals surface area contributed by atoms with Crippen LogP contribution in [0.3, 0.4) is 0 Å². The van der Waals surface area contributed by atoms with E-state index in [1.165, 1.54) is 23.1 Å². The van der Waals surface area contributed by atoms with Gasteiger partial charge in [-0.15, -0.1) is 10.2 Å². The van der Waals surface area contributed by atoms with E-state index in [2.05, 4.69) is 36.8 Å². The molecular formula is C20H19BrN4O4S2. The lowest BCUT2D eigenvalue weighted by Gasteiger charge is -2.09. The summed E-state index contributed by atoms with van der Waals surface area (Å²) in [5, 5.41) is 13.9. The summed E-state index contributed by atoms with van der Waals surface area (Å²) in [5.74, 6) is 0.962. The maximum Gasteiger partial charge on any atom is 0.234 e. The number of nitrogens with one attached hydrogen (secondary N) is 2. The number of anilines is 2. The Bertz CT molecular complexity index is 1060. The van der Waals surface area contributed by atoms with Crippen molar-refractivity contribution < 1.29 is 19.1 Å². The molecule has 3 rings (SSSR count). The maximum atomic E-state index is 12.3. The fourth-order valence-corrected chi connectivity index (χ4v) is 4.35. The lowest BCUT2D eigenvalue weighted by Crippen LogP contribution is -2.14. The lowest BCUT2D eigenvalue weighted by atomic mass is 10.1. The van der Waals surface area contributed by atoms with Gasteiger partial charge in [0.25, 0.3) is 0 Å². The van der Waals surface area contributed by atoms with Gasteiger partial charge < -0.3 is 20.1 Å². The van der Waals surface area contributed by atoms with Gasteiger partial charge in [-0.25, -0.2) is 0 Å². The Morgan fingerprint density at radius 1 is 1.00 bits per heavy atom. The van der Waals surface area contributed by atoms with Crippen LogP contribution in [-0.2, 0) is 16.0 Å². The van der Waals surface area contributed by atoms with Crippen LogP contribution < -0.4 is 20.1 Å². The van der Waals surface area contributed by atoms with Crippen molar-refractivity contribution >= 4 is 61.7 Å². The number of benzene rings is 2. The molecule has 0 atom stereocenters. The first-order valence-corrected chi connectivity index (χ1v) is 11.6. The smallest absolute Gasteiger partial charge is 0.234 e. The molecule has 11 heteroatoms. The van der Waals surface area contributed by atoms with Gasteiger partial charge in [-0.05, 0) is 42.0 Å². The molecule has 162 valence electrons. The van der Waals surface area contributed by atoms with Crippen LogP contribution in [0.25, 0.3) is 0 Å². The van der Waals surface area contributed by atoms with E-state index in [4.69, 9.17) is 9.47 Å². The average Bonchev–Trinajstić information content (AvgIpc) is 3.21. The third-order valence-electron chi connectivity index (χ3n) is 3.92. The minimum Gasteiger partial charge on any atom is -0.493 e. The molecule has 0 saturated carbocycles. The number of rotatable bonds is 9. The number of ether oxygens (including phenoxy) is 2. The molecule has 0 saturated heterocycles. The van der Waals surface area contributed by atoms with Crippen LogP contribution >= 0.6 is 39.0 Å². The topological polar surface area (TPSA) is 102 Å². The predicted octanol–water partition coefficient (Wildman–Crippen LogP) is 4.23. The van der Waals surface area contributed by atoms with E-state index in [9.17, 15) is 9.59 Å². The molecule has 3 aromatic rings. The molecule has 0 aliphatic carbocycles. The zero-order valence-electron chi connectivity index (χ0n) is 16.7. The molecule has 1 heterocycles. The van der Waals surface area contributed by atoms with Crippen LogP contribution in [0.2, 0.25) is 0 Å². The van der Waals surface area contributed by atoms with Crippen molar-refractivity contribution in [3.8, 4) is 11.5 Å². The Balaban J connectivity index is 1.48. The second kappa shape index (κ2) is 11.1. The van der Waals surface area contributed by atoms with E-state index in [1.807, 2.05) is 24.3 Å². The zero-order chi connectivity index (χ0) is 22.2. The van der Waals surface area contributed by atoms with Crippen LogP contribution in [-0.4, -0.2) is 42.0 Å². The summed E-state index contributed by atoms with van der Waals surface area (Å²) in [5.41, 5.74) is 1.49. The maximum absolute atomic E-state index is 12.3. The number of hydrogen-bond donors (Lipinski definition) is 2. The molecule has 0 aliphatic rings. The average molecular weight is 523 g/mol. The Kier molecular flexibility index (Phi) is 8.27. The molecule has 1 aromatic heterocycles. The van der Waals surface area contributed by atoms with Crippen molar-refractivity contribution in [2.75, 3.05) is 30.6 Å². The number of carbonyl (C=O) groups is 2. The molecule has 0 radical (unpaired) electrons. The van der Waals surface area contributed by atoms with Crippen LogP contribution in [0.1, 0.15) is 5.56 Å². The van der Waals surface area contributed by atoms with Gasteiger partial charge in [-0.2, -0.15) is 0 Å². The molecule has 0 aliphatic heterocycles. The highest BCUT2D eigenvalue weighted by Crippen LogP contribution is 2.28. The molecule has 2 aromatic carbocycles. The fourth-order valence-electron chi connectivity index (χ4n) is 2.52. The van der Waals surface area contributed by atoms with Crippen LogP contribution in [0.15, 0.2) is 51.3 Å². The summed E-state index contributed by atoms with van der Waals surface area (Å²) in [4.78, 5) is 24.4. The third-order valence-corrected chi connectivity index (χ3v) is 6.42. The molecule has 2 amide bonds. The molecule has 0 spiro atoms. The van der Waals surface area contributed by atoms with Crippen LogP contribution in [0.4, 0.5) is 10.8 Å². The second-order valence-electron chi connectivity index (χ2n) is 6.13. The molecule has 2 N–H and O–H groups in total. The van der Waals surface area contributed by atoms with Gasteiger partial charge in [0.15, 0.2) is 15.8 Å². The van der Waals surface area contributed by atoms with E-state index in [1.54, 1.807) is 32.4 Å². The van der Waals surface area contributed by atoms with Crippen molar-refractivity contribution in [1.29, 1.82) is 0 Å². The van der Waals surface area contributed by atoms with Crippen molar-refractivity contribution in [3.63, 3.8) is 0 Å². The van der Waals surface area contributed by atoms with Crippen molar-refractivity contribution in [3.05, 3.63) is 52.5 Å². The summed E-state index contributed by atoms with van der Waals surface area (Å²) in [7, 11) is 3.10. The largest absolute Gasteiger partial charge is 0.493 e. The lowest BCUT2D eigenvalue weighted by molar-refractivity contribution is -0.115. The molecular weight excluding hydrogens is 504 g/mol. The highest BCUT2D eigenvalue weighted by atomic mass is 79.9. The Morgan fingerprint density at radius 3 is 2.45 bits per heavy atom. The summed E-state index contributed by atoms with van der Waals surface area (Å²) >= 11 is 5.82. The molecule has 0 bridgehead atoms. The fraction of sp³-hybridized carbons (Fsp3) is 0.200. The van der Waals surface area contributed by atoms with E-state index < -0.39 is 0 Å². The van der Waals surface area contributed by atoms with Gasteiger partial charge in [-0.1, -0.05) is 45.1 Å². The quantitative estimate of drug-likeness (QED) is 0.320. The van der Waals surface area contributed by atoms with E-state index in [0.717, 1.165) is 10.0 Å². The number of halogens is 1. The van der Waals surface area contributed by atoms with Crippen molar-refractivity contribution in [2.24, 2.45) is 0 Å². The van der Waals surface area contributed by atoms with Gasteiger partial charge in [0.05, 0.1) is 26.4 Å². The summed E-state index contributed by atoms with van der Waals surface area (Å²) in [6.07, 6.45) is 0.151. The molecule has 0 unspecified atom stereocenters. The molecule has 31 heavy (non-hydrogen) atoms. The standard InChI is InChI=1S/C20H19BrN4O4S2/c1-28-15-8-3-12(9-16(15)29-2)10-17(26)23-19-24-25-20(31-19)30-11-18(27)22-14-6-4-13(21)5-7-14/h3-9H,10-11H2,1-2H3,(H,22,27)(H,23,24,26). The minimum absolute atomic E-state index is 0.151. The Labute approximate surface area is 195 Å². The van der Waals surface area contributed by atoms with Gasteiger partial charge in [0, 0.05) is 10.2 Å². The monoisotopic (exact) mass is 522 g/mol. The highest BCUT2D eigenvalue weighted by molar-refractivity contribution is 9.10. The predicted molar refractivity (Wildman–Crippen MR) is 125 cm³/mol. The van der Waals surface area contributed by atoms with Crippen molar-refractivity contribution in [2.45, 2.75) is 10.8 Å². The number of amides is 2. The summed E-state index contributed by atoms with van der Waals surface area (Å²) in [6.45, 7) is 0. The minimum atomic E-state index is -0.229. The Morgan fingerprint density at radius 2 is 1.74 bits per heavy atom. The third kappa shape index (κ3) is 6.94. The van der Waals surface area contributed by atoms with Crippen LogP contribution in [0, 0.1) is 0 Å².